The largest absolute Gasteiger partial charge is 0.476 e. The summed E-state index contributed by atoms with van der Waals surface area (Å²) >= 11 is 0. The van der Waals surface area contributed by atoms with Gasteiger partial charge in [-0.05, 0) is 104 Å². The molecule has 2 amide bonds. The van der Waals surface area contributed by atoms with Crippen LogP contribution in [-0.2, 0) is 21.9 Å². The van der Waals surface area contributed by atoms with Crippen molar-refractivity contribution in [3.63, 3.8) is 0 Å². The molecule has 2 aliphatic rings. The number of rotatable bonds is 12. The van der Waals surface area contributed by atoms with Gasteiger partial charge in [-0.1, -0.05) is 26.7 Å². The predicted molar refractivity (Wildman–Crippen MR) is 193 cm³/mol. The summed E-state index contributed by atoms with van der Waals surface area (Å²) < 4.78 is 88.9. The first-order valence-electron chi connectivity index (χ1n) is 18.4. The highest BCUT2D eigenvalue weighted by atomic mass is 19.4. The van der Waals surface area contributed by atoms with E-state index in [0.29, 0.717) is 11.8 Å². The maximum absolute atomic E-state index is 13.0. The second-order valence-electron chi connectivity index (χ2n) is 15.7. The normalized spacial score (nSPS) is 21.7. The summed E-state index contributed by atoms with van der Waals surface area (Å²) in [5, 5.41) is 6.15. The van der Waals surface area contributed by atoms with Crippen LogP contribution in [0.25, 0.3) is 0 Å². The molecule has 0 aromatic carbocycles. The van der Waals surface area contributed by atoms with Gasteiger partial charge in [0.05, 0.1) is 10.8 Å². The highest BCUT2D eigenvalue weighted by molar-refractivity contribution is 5.82. The van der Waals surface area contributed by atoms with Crippen molar-refractivity contribution in [2.24, 2.45) is 22.7 Å². The summed E-state index contributed by atoms with van der Waals surface area (Å²) in [6.07, 6.45) is -3.02. The van der Waals surface area contributed by atoms with Gasteiger partial charge in [-0.2, -0.15) is 26.3 Å². The fourth-order valence-corrected chi connectivity index (χ4v) is 6.43. The van der Waals surface area contributed by atoms with Crippen LogP contribution in [0.5, 0.6) is 11.8 Å². The lowest BCUT2D eigenvalue weighted by Gasteiger charge is -2.38. The minimum Gasteiger partial charge on any atom is -0.476 e. The predicted octanol–water partition coefficient (Wildman–Crippen LogP) is 6.70. The number of nitrogens with zero attached hydrogens (tertiary/aromatic N) is 4. The number of hydrogen-bond acceptors (Lipinski definition) is 8. The molecule has 2 aromatic heterocycles. The van der Waals surface area contributed by atoms with Gasteiger partial charge in [0.2, 0.25) is 23.6 Å². The minimum absolute atomic E-state index is 0.0681. The number of halogens is 6. The molecule has 16 heteroatoms. The van der Waals surface area contributed by atoms with E-state index in [4.69, 9.17) is 9.47 Å². The number of carbonyl (C=O) groups excluding carboxylic acids is 2. The average molecular weight is 775 g/mol. The molecule has 0 aliphatic carbocycles. The number of pyridine rings is 2. The molecule has 4 heterocycles. The maximum Gasteiger partial charge on any atom is 0.421 e. The van der Waals surface area contributed by atoms with E-state index in [1.165, 1.54) is 24.5 Å². The summed E-state index contributed by atoms with van der Waals surface area (Å²) in [5.41, 5.74) is -3.85. The van der Waals surface area contributed by atoms with Gasteiger partial charge in [0.1, 0.15) is 24.3 Å². The Morgan fingerprint density at radius 2 is 1.06 bits per heavy atom. The number of piperidine rings is 2. The van der Waals surface area contributed by atoms with Crippen LogP contribution in [0.4, 0.5) is 26.3 Å². The Morgan fingerprint density at radius 1 is 0.704 bits per heavy atom. The number of nitrogens with one attached hydrogen (secondary N) is 2. The van der Waals surface area contributed by atoms with Crippen molar-refractivity contribution in [1.29, 1.82) is 0 Å². The van der Waals surface area contributed by atoms with E-state index in [1.54, 1.807) is 27.7 Å². The van der Waals surface area contributed by atoms with Crippen LogP contribution in [0.15, 0.2) is 36.7 Å². The summed E-state index contributed by atoms with van der Waals surface area (Å²) in [7, 11) is 4.12. The van der Waals surface area contributed by atoms with Gasteiger partial charge in [-0.3, -0.25) is 9.59 Å². The standard InChI is InChI=1S/2C19H28F3N3O2/c2*1-5-13-11-25(4)10-8-15(13)24-17(26)18(2,3)12-27-16-14(19(20,21)22)7-6-9-23-16/h2*6-7,9,13,15H,5,8,10-12H2,1-4H3,(H,24,26)/t2*13-,15+/m10/s1. The average Bonchev–Trinajstić information content (AvgIpc) is 3.11. The van der Waals surface area contributed by atoms with Crippen molar-refractivity contribution < 1.29 is 45.4 Å². The lowest BCUT2D eigenvalue weighted by Crippen LogP contribution is -2.53. The smallest absolute Gasteiger partial charge is 0.421 e. The van der Waals surface area contributed by atoms with Crippen molar-refractivity contribution in [3.8, 4) is 11.8 Å². The number of carbonyl (C=O) groups is 2. The molecule has 4 rings (SSSR count). The monoisotopic (exact) mass is 774 g/mol. The van der Waals surface area contributed by atoms with E-state index in [-0.39, 0.29) is 37.1 Å². The molecule has 0 spiro atoms. The number of hydrogen-bond donors (Lipinski definition) is 2. The second kappa shape index (κ2) is 18.8. The molecule has 10 nitrogen and oxygen atoms in total. The Balaban J connectivity index is 0.000000290. The molecule has 2 aliphatic heterocycles. The Labute approximate surface area is 314 Å². The summed E-state index contributed by atoms with van der Waals surface area (Å²) in [5.74, 6) is -0.734. The van der Waals surface area contributed by atoms with E-state index < -0.39 is 46.1 Å². The van der Waals surface area contributed by atoms with Gasteiger partial charge < -0.3 is 29.9 Å². The van der Waals surface area contributed by atoms with Crippen LogP contribution in [0.1, 0.15) is 78.4 Å². The molecule has 304 valence electrons. The number of amides is 2. The van der Waals surface area contributed by atoms with E-state index in [2.05, 4.69) is 58.3 Å². The Morgan fingerprint density at radius 3 is 1.37 bits per heavy atom. The molecule has 0 unspecified atom stereocenters. The van der Waals surface area contributed by atoms with Crippen LogP contribution < -0.4 is 20.1 Å². The number of likely N-dealkylation sites (tertiary alicyclic amines) is 2. The number of alkyl halides is 6. The molecule has 54 heavy (non-hydrogen) atoms. The molecule has 2 aromatic rings. The zero-order chi connectivity index (χ0) is 40.5. The van der Waals surface area contributed by atoms with Crippen LogP contribution in [-0.4, -0.2) is 97.2 Å². The molecular weight excluding hydrogens is 718 g/mol. The van der Waals surface area contributed by atoms with Gasteiger partial charge in [0, 0.05) is 37.6 Å². The Hall–Kier alpha value is -3.66. The zero-order valence-electron chi connectivity index (χ0n) is 32.5. The summed E-state index contributed by atoms with van der Waals surface area (Å²) in [6.45, 7) is 14.1. The lowest BCUT2D eigenvalue weighted by atomic mass is 9.87. The maximum atomic E-state index is 13.0. The zero-order valence-corrected chi connectivity index (χ0v) is 32.5. The first kappa shape index (κ1) is 44.7. The number of aromatic nitrogens is 2. The molecule has 0 radical (unpaired) electrons. The number of ether oxygens (including phenoxy) is 2. The SMILES string of the molecule is CC[C@@H]1CN(C)CC[C@@H]1NC(=O)C(C)(C)COc1ncccc1C(F)(F)F.CC[C@H]1CN(C)CC[C@H]1NC(=O)C(C)(C)COc1ncccc1C(F)(F)F. The topological polar surface area (TPSA) is 109 Å². The highest BCUT2D eigenvalue weighted by Gasteiger charge is 2.39. The summed E-state index contributed by atoms with van der Waals surface area (Å²) in [4.78, 5) is 37.3. The van der Waals surface area contributed by atoms with Gasteiger partial charge in [0.25, 0.3) is 0 Å². The minimum atomic E-state index is -4.56. The van der Waals surface area contributed by atoms with Gasteiger partial charge in [0.15, 0.2) is 0 Å². The van der Waals surface area contributed by atoms with Gasteiger partial charge in [-0.25, -0.2) is 9.97 Å². The fraction of sp³-hybridized carbons (Fsp3) is 0.684. The van der Waals surface area contributed by atoms with Crippen molar-refractivity contribution in [3.05, 3.63) is 47.8 Å². The second-order valence-corrected chi connectivity index (χ2v) is 15.7. The first-order chi connectivity index (χ1) is 25.1. The van der Waals surface area contributed by atoms with E-state index >= 15 is 0 Å². The van der Waals surface area contributed by atoms with Crippen molar-refractivity contribution in [2.45, 2.75) is 91.7 Å². The third-order valence-corrected chi connectivity index (χ3v) is 10.1. The van der Waals surface area contributed by atoms with Gasteiger partial charge in [-0.15, -0.1) is 0 Å². The van der Waals surface area contributed by atoms with Gasteiger partial charge >= 0.3 is 12.4 Å². The van der Waals surface area contributed by atoms with Crippen LogP contribution in [0.2, 0.25) is 0 Å². The van der Waals surface area contributed by atoms with E-state index in [0.717, 1.165) is 64.0 Å². The molecule has 0 bridgehead atoms. The molecule has 2 fully saturated rings. The highest BCUT2D eigenvalue weighted by Crippen LogP contribution is 2.36. The quantitative estimate of drug-likeness (QED) is 0.230. The van der Waals surface area contributed by atoms with Crippen molar-refractivity contribution in [2.75, 3.05) is 53.5 Å². The third-order valence-electron chi connectivity index (χ3n) is 10.1. The van der Waals surface area contributed by atoms with Crippen LogP contribution in [0.3, 0.4) is 0 Å². The molecule has 0 saturated carbocycles. The van der Waals surface area contributed by atoms with Crippen LogP contribution in [0, 0.1) is 22.7 Å². The first-order valence-corrected chi connectivity index (χ1v) is 18.4. The fourth-order valence-electron chi connectivity index (χ4n) is 6.43. The van der Waals surface area contributed by atoms with Crippen molar-refractivity contribution >= 4 is 11.8 Å². The molecular formula is C38H56F6N6O4. The van der Waals surface area contributed by atoms with E-state index in [1.807, 2.05) is 0 Å². The third kappa shape index (κ3) is 12.7. The van der Waals surface area contributed by atoms with Crippen molar-refractivity contribution in [1.82, 2.24) is 30.4 Å². The molecule has 2 saturated heterocycles. The molecule has 2 N–H and O–H groups in total. The summed E-state index contributed by atoms with van der Waals surface area (Å²) in [6, 6.07) is 4.38. The lowest BCUT2D eigenvalue weighted by molar-refractivity contribution is -0.141. The van der Waals surface area contributed by atoms with E-state index in [9.17, 15) is 35.9 Å². The van der Waals surface area contributed by atoms with Crippen LogP contribution >= 0.6 is 0 Å². The Bertz CT molecular complexity index is 1410. The molecule has 4 atom stereocenters. The Kier molecular flexibility index (Phi) is 15.6.